The number of anilines is 1. The van der Waals surface area contributed by atoms with Gasteiger partial charge in [0.05, 0.1) is 0 Å². The molecular weight excluding hydrogens is 364 g/mol. The zero-order valence-corrected chi connectivity index (χ0v) is 16.1. The molecule has 0 radical (unpaired) electrons. The Labute approximate surface area is 164 Å². The van der Waals surface area contributed by atoms with Crippen molar-refractivity contribution in [1.82, 2.24) is 10.1 Å². The van der Waals surface area contributed by atoms with Crippen LogP contribution in [0.25, 0.3) is 11.5 Å². The second kappa shape index (κ2) is 9.30. The lowest BCUT2D eigenvalue weighted by Gasteiger charge is -2.13. The molecule has 1 aromatic heterocycles. The van der Waals surface area contributed by atoms with Gasteiger partial charge in [-0.05, 0) is 30.2 Å². The van der Waals surface area contributed by atoms with E-state index in [0.717, 1.165) is 16.7 Å². The quantitative estimate of drug-likeness (QED) is 0.666. The van der Waals surface area contributed by atoms with Gasteiger partial charge in [-0.25, -0.2) is 0 Å². The molecule has 7 heteroatoms. The van der Waals surface area contributed by atoms with Gasteiger partial charge in [-0.1, -0.05) is 48.5 Å². The second-order valence-corrected chi connectivity index (χ2v) is 6.17. The smallest absolute Gasteiger partial charge is 0.257 e. The molecular formula is C20H23ClN4O2. The van der Waals surface area contributed by atoms with Gasteiger partial charge in [0.25, 0.3) is 5.89 Å². The molecule has 0 saturated heterocycles. The van der Waals surface area contributed by atoms with Gasteiger partial charge in [0.15, 0.2) is 5.82 Å². The number of nitrogens with zero attached hydrogens (tertiary/aromatic N) is 2. The number of hydrogen-bond donors (Lipinski definition) is 2. The van der Waals surface area contributed by atoms with Gasteiger partial charge < -0.3 is 15.6 Å². The Balaban J connectivity index is 0.00000261. The number of rotatable bonds is 6. The molecule has 6 nitrogen and oxygen atoms in total. The maximum atomic E-state index is 12.4. The molecule has 3 N–H and O–H groups in total. The van der Waals surface area contributed by atoms with Crippen LogP contribution >= 0.6 is 12.4 Å². The summed E-state index contributed by atoms with van der Waals surface area (Å²) in [6.45, 7) is 3.90. The standard InChI is InChI=1S/C20H22N4O2.ClH/c1-3-18-23-20(26-24-18)15-10-9-13(2)17(11-15)22-19(25)12-16(21)14-7-5-4-6-8-14;/h4-11,16H,3,12,21H2,1-2H3,(H,22,25);1H. The highest BCUT2D eigenvalue weighted by molar-refractivity contribution is 5.92. The fraction of sp³-hybridized carbons (Fsp3) is 0.250. The van der Waals surface area contributed by atoms with E-state index in [-0.39, 0.29) is 30.8 Å². The summed E-state index contributed by atoms with van der Waals surface area (Å²) in [7, 11) is 0. The highest BCUT2D eigenvalue weighted by Gasteiger charge is 2.14. The van der Waals surface area contributed by atoms with Gasteiger partial charge in [0.2, 0.25) is 5.91 Å². The molecule has 2 aromatic carbocycles. The zero-order valence-electron chi connectivity index (χ0n) is 15.3. The normalized spacial score (nSPS) is 11.5. The molecule has 0 saturated carbocycles. The lowest BCUT2D eigenvalue weighted by Crippen LogP contribution is -2.21. The van der Waals surface area contributed by atoms with Crippen molar-refractivity contribution in [2.24, 2.45) is 5.73 Å². The average molecular weight is 387 g/mol. The first-order valence-electron chi connectivity index (χ1n) is 8.60. The molecule has 27 heavy (non-hydrogen) atoms. The maximum absolute atomic E-state index is 12.4. The van der Waals surface area contributed by atoms with Crippen molar-refractivity contribution >= 4 is 24.0 Å². The number of amides is 1. The minimum absolute atomic E-state index is 0. The number of carbonyl (C=O) groups is 1. The van der Waals surface area contributed by atoms with Crippen LogP contribution in [0.5, 0.6) is 0 Å². The molecule has 0 aliphatic rings. The van der Waals surface area contributed by atoms with E-state index in [1.807, 2.05) is 62.4 Å². The Hall–Kier alpha value is -2.70. The first kappa shape index (κ1) is 20.6. The van der Waals surface area contributed by atoms with Gasteiger partial charge in [0.1, 0.15) is 0 Å². The third kappa shape index (κ3) is 5.15. The highest BCUT2D eigenvalue weighted by atomic mass is 35.5. The number of nitrogens with one attached hydrogen (secondary N) is 1. The first-order valence-corrected chi connectivity index (χ1v) is 8.60. The monoisotopic (exact) mass is 386 g/mol. The van der Waals surface area contributed by atoms with Gasteiger partial charge in [-0.15, -0.1) is 12.4 Å². The Morgan fingerprint density at radius 3 is 2.63 bits per heavy atom. The molecule has 142 valence electrons. The summed E-state index contributed by atoms with van der Waals surface area (Å²) >= 11 is 0. The number of halogens is 1. The third-order valence-corrected chi connectivity index (χ3v) is 4.18. The summed E-state index contributed by atoms with van der Waals surface area (Å²) in [4.78, 5) is 16.7. The fourth-order valence-electron chi connectivity index (χ4n) is 2.62. The topological polar surface area (TPSA) is 94.0 Å². The van der Waals surface area contributed by atoms with E-state index < -0.39 is 0 Å². The predicted molar refractivity (Wildman–Crippen MR) is 108 cm³/mol. The van der Waals surface area contributed by atoms with Crippen LogP contribution in [0.3, 0.4) is 0 Å². The molecule has 3 rings (SSSR count). The summed E-state index contributed by atoms with van der Waals surface area (Å²) in [5.74, 6) is 0.958. The van der Waals surface area contributed by atoms with E-state index in [9.17, 15) is 4.79 Å². The largest absolute Gasteiger partial charge is 0.334 e. The van der Waals surface area contributed by atoms with Gasteiger partial charge in [-0.3, -0.25) is 4.79 Å². The van der Waals surface area contributed by atoms with Crippen molar-refractivity contribution in [3.05, 3.63) is 65.5 Å². The molecule has 0 bridgehead atoms. The van der Waals surface area contributed by atoms with Gasteiger partial charge in [-0.2, -0.15) is 4.98 Å². The van der Waals surface area contributed by atoms with Crippen LogP contribution in [0.4, 0.5) is 5.69 Å². The Bertz CT molecular complexity index is 896. The third-order valence-electron chi connectivity index (χ3n) is 4.18. The van der Waals surface area contributed by atoms with E-state index in [2.05, 4.69) is 15.5 Å². The molecule has 0 fully saturated rings. The maximum Gasteiger partial charge on any atom is 0.257 e. The lowest BCUT2D eigenvalue weighted by molar-refractivity contribution is -0.116. The van der Waals surface area contributed by atoms with Crippen molar-refractivity contribution in [3.63, 3.8) is 0 Å². The average Bonchev–Trinajstić information content (AvgIpc) is 3.13. The molecule has 3 aromatic rings. The van der Waals surface area contributed by atoms with Gasteiger partial charge in [0, 0.05) is 30.1 Å². The predicted octanol–water partition coefficient (Wildman–Crippen LogP) is 4.06. The molecule has 1 heterocycles. The van der Waals surface area contributed by atoms with Crippen molar-refractivity contribution in [3.8, 4) is 11.5 Å². The van der Waals surface area contributed by atoms with E-state index in [0.29, 0.717) is 23.8 Å². The summed E-state index contributed by atoms with van der Waals surface area (Å²) in [6, 6.07) is 14.9. The molecule has 0 spiro atoms. The zero-order chi connectivity index (χ0) is 18.5. The van der Waals surface area contributed by atoms with Crippen LogP contribution in [0.1, 0.15) is 36.3 Å². The van der Waals surface area contributed by atoms with Crippen molar-refractivity contribution in [2.45, 2.75) is 32.7 Å². The van der Waals surface area contributed by atoms with Crippen molar-refractivity contribution in [2.75, 3.05) is 5.32 Å². The summed E-state index contributed by atoms with van der Waals surface area (Å²) in [6.07, 6.45) is 0.907. The first-order chi connectivity index (χ1) is 12.6. The van der Waals surface area contributed by atoms with Gasteiger partial charge >= 0.3 is 0 Å². The van der Waals surface area contributed by atoms with E-state index in [1.54, 1.807) is 0 Å². The SMILES string of the molecule is CCc1noc(-c2ccc(C)c(NC(=O)CC(N)c3ccccc3)c2)n1.Cl. The Kier molecular flexibility index (Phi) is 7.10. The van der Waals surface area contributed by atoms with Crippen molar-refractivity contribution < 1.29 is 9.32 Å². The molecule has 1 atom stereocenters. The number of benzene rings is 2. The van der Waals surface area contributed by atoms with Crippen LogP contribution in [-0.4, -0.2) is 16.0 Å². The Morgan fingerprint density at radius 1 is 1.22 bits per heavy atom. The Morgan fingerprint density at radius 2 is 1.96 bits per heavy atom. The van der Waals surface area contributed by atoms with E-state index in [1.165, 1.54) is 0 Å². The summed E-state index contributed by atoms with van der Waals surface area (Å²) in [5, 5.41) is 6.84. The summed E-state index contributed by atoms with van der Waals surface area (Å²) < 4.78 is 5.27. The lowest BCUT2D eigenvalue weighted by atomic mass is 10.0. The highest BCUT2D eigenvalue weighted by Crippen LogP contribution is 2.25. The van der Waals surface area contributed by atoms with Crippen molar-refractivity contribution in [1.29, 1.82) is 0 Å². The second-order valence-electron chi connectivity index (χ2n) is 6.17. The fourth-order valence-corrected chi connectivity index (χ4v) is 2.62. The van der Waals surface area contributed by atoms with Crippen LogP contribution in [0.15, 0.2) is 53.1 Å². The molecule has 1 amide bonds. The minimum Gasteiger partial charge on any atom is -0.334 e. The summed E-state index contributed by atoms with van der Waals surface area (Å²) in [5.41, 5.74) is 9.50. The van der Waals surface area contributed by atoms with E-state index >= 15 is 0 Å². The van der Waals surface area contributed by atoms with E-state index in [4.69, 9.17) is 10.3 Å². The molecule has 0 aliphatic carbocycles. The number of aryl methyl sites for hydroxylation is 2. The number of hydrogen-bond acceptors (Lipinski definition) is 5. The number of nitrogens with two attached hydrogens (primary N) is 1. The molecule has 0 aliphatic heterocycles. The van der Waals surface area contributed by atoms with Crippen LogP contribution in [-0.2, 0) is 11.2 Å². The minimum atomic E-state index is -0.345. The van der Waals surface area contributed by atoms with Crippen LogP contribution in [0, 0.1) is 6.92 Å². The number of aromatic nitrogens is 2. The van der Waals surface area contributed by atoms with Crippen LogP contribution < -0.4 is 11.1 Å². The molecule has 1 unspecified atom stereocenters. The van der Waals surface area contributed by atoms with Crippen LogP contribution in [0.2, 0.25) is 0 Å². The number of carbonyl (C=O) groups excluding carboxylic acids is 1.